The van der Waals surface area contributed by atoms with Crippen molar-refractivity contribution in [3.8, 4) is 0 Å². The molecule has 0 aliphatic rings. The van der Waals surface area contributed by atoms with Gasteiger partial charge in [-0.2, -0.15) is 0 Å². The molecule has 3 nitrogen and oxygen atoms in total. The first-order valence-electron chi connectivity index (χ1n) is 5.48. The van der Waals surface area contributed by atoms with E-state index >= 15 is 0 Å². The summed E-state index contributed by atoms with van der Waals surface area (Å²) in [5, 5.41) is 3.45. The van der Waals surface area contributed by atoms with Crippen LogP contribution in [0.2, 0.25) is 5.02 Å². The molecule has 1 N–H and O–H groups in total. The van der Waals surface area contributed by atoms with E-state index in [2.05, 4.69) is 5.32 Å². The number of halogens is 1. The van der Waals surface area contributed by atoms with Crippen molar-refractivity contribution in [3.05, 3.63) is 65.1 Å². The van der Waals surface area contributed by atoms with Crippen LogP contribution in [0.3, 0.4) is 0 Å². The van der Waals surface area contributed by atoms with Crippen molar-refractivity contribution < 1.29 is 9.21 Å². The Kier molecular flexibility index (Phi) is 4.20. The molecular weight excluding hydrogens is 250 g/mol. The first kappa shape index (κ1) is 12.5. The van der Waals surface area contributed by atoms with Gasteiger partial charge >= 0.3 is 0 Å². The van der Waals surface area contributed by atoms with Crippen LogP contribution in [0.15, 0.2) is 53.2 Å². The number of nitrogens with one attached hydrogen (secondary N) is 1. The normalized spacial score (nSPS) is 10.7. The number of furan rings is 1. The third kappa shape index (κ3) is 3.79. The van der Waals surface area contributed by atoms with Crippen molar-refractivity contribution in [2.75, 3.05) is 0 Å². The topological polar surface area (TPSA) is 42.2 Å². The molecule has 18 heavy (non-hydrogen) atoms. The van der Waals surface area contributed by atoms with Gasteiger partial charge in [0, 0.05) is 17.6 Å². The Labute approximate surface area is 110 Å². The number of rotatable bonds is 4. The van der Waals surface area contributed by atoms with Crippen molar-refractivity contribution in [1.82, 2.24) is 5.32 Å². The Bertz CT molecular complexity index is 529. The molecule has 1 aromatic heterocycles. The van der Waals surface area contributed by atoms with Gasteiger partial charge in [0.05, 0.1) is 6.26 Å². The molecule has 2 aromatic rings. The van der Waals surface area contributed by atoms with Crippen molar-refractivity contribution in [3.63, 3.8) is 0 Å². The van der Waals surface area contributed by atoms with Gasteiger partial charge in [-0.15, -0.1) is 0 Å². The molecule has 92 valence electrons. The highest BCUT2D eigenvalue weighted by atomic mass is 35.5. The van der Waals surface area contributed by atoms with Crippen molar-refractivity contribution in [2.24, 2.45) is 0 Å². The van der Waals surface area contributed by atoms with E-state index in [9.17, 15) is 4.79 Å². The molecule has 0 atom stereocenters. The minimum Gasteiger partial charge on any atom is -0.465 e. The average Bonchev–Trinajstić information content (AvgIpc) is 2.89. The lowest BCUT2D eigenvalue weighted by atomic mass is 10.2. The fraction of sp³-hybridized carbons (Fsp3) is 0.0714. The van der Waals surface area contributed by atoms with Gasteiger partial charge in [0.25, 0.3) is 0 Å². The number of benzene rings is 1. The summed E-state index contributed by atoms with van der Waals surface area (Å²) in [6.45, 7) is 0.471. The minimum atomic E-state index is -0.165. The summed E-state index contributed by atoms with van der Waals surface area (Å²) >= 11 is 5.77. The van der Waals surface area contributed by atoms with Gasteiger partial charge < -0.3 is 9.73 Å². The first-order chi connectivity index (χ1) is 8.74. The molecule has 0 unspecified atom stereocenters. The summed E-state index contributed by atoms with van der Waals surface area (Å²) in [6, 6.07) is 10.9. The molecule has 1 heterocycles. The lowest BCUT2D eigenvalue weighted by Gasteiger charge is -2.02. The fourth-order valence-electron chi connectivity index (χ4n) is 1.39. The van der Waals surface area contributed by atoms with E-state index in [-0.39, 0.29) is 5.91 Å². The van der Waals surface area contributed by atoms with Gasteiger partial charge in [-0.25, -0.2) is 0 Å². The summed E-state index contributed by atoms with van der Waals surface area (Å²) < 4.78 is 5.08. The van der Waals surface area contributed by atoms with E-state index in [0.29, 0.717) is 17.3 Å². The van der Waals surface area contributed by atoms with Gasteiger partial charge in [0.15, 0.2) is 0 Å². The maximum Gasteiger partial charge on any atom is 0.244 e. The molecule has 0 aliphatic carbocycles. The molecule has 1 aromatic carbocycles. The zero-order chi connectivity index (χ0) is 12.8. The summed E-state index contributed by atoms with van der Waals surface area (Å²) in [7, 11) is 0. The molecule has 2 rings (SSSR count). The van der Waals surface area contributed by atoms with E-state index in [1.54, 1.807) is 36.6 Å². The highest BCUT2D eigenvalue weighted by Gasteiger charge is 1.97. The molecule has 0 saturated carbocycles. The van der Waals surface area contributed by atoms with Gasteiger partial charge in [0.1, 0.15) is 5.76 Å². The third-order valence-corrected chi connectivity index (χ3v) is 2.57. The summed E-state index contributed by atoms with van der Waals surface area (Å²) in [5.74, 6) is 0.484. The molecule has 0 radical (unpaired) electrons. The Balaban J connectivity index is 1.83. The van der Waals surface area contributed by atoms with Crippen molar-refractivity contribution in [2.45, 2.75) is 6.54 Å². The number of carbonyl (C=O) groups excluding carboxylic acids is 1. The van der Waals surface area contributed by atoms with E-state index in [0.717, 1.165) is 5.56 Å². The van der Waals surface area contributed by atoms with Crippen LogP contribution >= 0.6 is 11.6 Å². The van der Waals surface area contributed by atoms with Crippen molar-refractivity contribution >= 4 is 23.6 Å². The number of carbonyl (C=O) groups is 1. The monoisotopic (exact) mass is 261 g/mol. The van der Waals surface area contributed by atoms with Crippen LogP contribution in [0.5, 0.6) is 0 Å². The predicted octanol–water partition coefficient (Wildman–Crippen LogP) is 3.26. The highest BCUT2D eigenvalue weighted by Crippen LogP contribution is 2.09. The van der Waals surface area contributed by atoms with Crippen LogP contribution in [0.4, 0.5) is 0 Å². The maximum atomic E-state index is 11.5. The van der Waals surface area contributed by atoms with E-state index < -0.39 is 0 Å². The molecule has 0 bridgehead atoms. The molecular formula is C14H12ClNO2. The van der Waals surface area contributed by atoms with Crippen LogP contribution in [0, 0.1) is 0 Å². The van der Waals surface area contributed by atoms with Crippen LogP contribution in [0.25, 0.3) is 6.08 Å². The first-order valence-corrected chi connectivity index (χ1v) is 5.86. The largest absolute Gasteiger partial charge is 0.465 e. The van der Waals surface area contributed by atoms with Gasteiger partial charge in [-0.3, -0.25) is 4.79 Å². The Morgan fingerprint density at radius 1 is 1.28 bits per heavy atom. The Morgan fingerprint density at radius 3 is 2.72 bits per heavy atom. The molecule has 0 fully saturated rings. The second kappa shape index (κ2) is 6.07. The number of hydrogen-bond acceptors (Lipinski definition) is 2. The maximum absolute atomic E-state index is 11.5. The summed E-state index contributed by atoms with van der Waals surface area (Å²) in [5.41, 5.74) is 0.999. The third-order valence-electron chi connectivity index (χ3n) is 2.32. The standard InChI is InChI=1S/C14H12ClNO2/c15-12-5-3-11(4-6-12)10-16-14(17)8-7-13-2-1-9-18-13/h1-9H,10H2,(H,16,17). The SMILES string of the molecule is O=C(C=Cc1ccco1)NCc1ccc(Cl)cc1. The molecule has 0 aliphatic heterocycles. The fourth-order valence-corrected chi connectivity index (χ4v) is 1.52. The van der Waals surface area contributed by atoms with Crippen LogP contribution in [-0.2, 0) is 11.3 Å². The minimum absolute atomic E-state index is 0.165. The summed E-state index contributed by atoms with van der Waals surface area (Å²) in [6.07, 6.45) is 4.62. The predicted molar refractivity (Wildman–Crippen MR) is 71.0 cm³/mol. The Morgan fingerprint density at radius 2 is 2.06 bits per heavy atom. The second-order valence-corrected chi connectivity index (χ2v) is 4.13. The summed E-state index contributed by atoms with van der Waals surface area (Å²) in [4.78, 5) is 11.5. The van der Waals surface area contributed by atoms with E-state index in [1.165, 1.54) is 6.08 Å². The van der Waals surface area contributed by atoms with E-state index in [1.807, 2.05) is 12.1 Å². The lowest BCUT2D eigenvalue weighted by molar-refractivity contribution is -0.116. The van der Waals surface area contributed by atoms with Crippen LogP contribution < -0.4 is 5.32 Å². The smallest absolute Gasteiger partial charge is 0.244 e. The molecule has 0 spiro atoms. The molecule has 4 heteroatoms. The van der Waals surface area contributed by atoms with E-state index in [4.69, 9.17) is 16.0 Å². The zero-order valence-electron chi connectivity index (χ0n) is 9.60. The number of hydrogen-bond donors (Lipinski definition) is 1. The molecule has 0 saturated heterocycles. The number of amides is 1. The van der Waals surface area contributed by atoms with Crippen LogP contribution in [-0.4, -0.2) is 5.91 Å². The molecule has 1 amide bonds. The van der Waals surface area contributed by atoms with Gasteiger partial charge in [-0.1, -0.05) is 23.7 Å². The highest BCUT2D eigenvalue weighted by molar-refractivity contribution is 6.30. The van der Waals surface area contributed by atoms with Crippen LogP contribution in [0.1, 0.15) is 11.3 Å². The zero-order valence-corrected chi connectivity index (χ0v) is 10.4. The average molecular weight is 262 g/mol. The van der Waals surface area contributed by atoms with Gasteiger partial charge in [-0.05, 0) is 35.9 Å². The lowest BCUT2D eigenvalue weighted by Crippen LogP contribution is -2.20. The quantitative estimate of drug-likeness (QED) is 0.859. The van der Waals surface area contributed by atoms with Gasteiger partial charge in [0.2, 0.25) is 5.91 Å². The Hall–Kier alpha value is -2.00. The van der Waals surface area contributed by atoms with Crippen molar-refractivity contribution in [1.29, 1.82) is 0 Å². The second-order valence-electron chi connectivity index (χ2n) is 3.69.